The second-order valence-electron chi connectivity index (χ2n) is 4.96. The van der Waals surface area contributed by atoms with Crippen molar-refractivity contribution in [1.29, 1.82) is 0 Å². The van der Waals surface area contributed by atoms with Gasteiger partial charge in [-0.25, -0.2) is 4.98 Å². The van der Waals surface area contributed by atoms with Gasteiger partial charge in [0.05, 0.1) is 6.54 Å². The van der Waals surface area contributed by atoms with E-state index in [2.05, 4.69) is 15.6 Å². The molecule has 0 aliphatic carbocycles. The maximum Gasteiger partial charge on any atom is 0.220 e. The van der Waals surface area contributed by atoms with Crippen LogP contribution in [0.4, 0.5) is 0 Å². The Kier molecular flexibility index (Phi) is 4.75. The molecule has 0 atom stereocenters. The van der Waals surface area contributed by atoms with E-state index in [9.17, 15) is 4.79 Å². The molecule has 1 amide bonds. The molecular weight excluding hydrogens is 228 g/mol. The lowest BCUT2D eigenvalue weighted by Gasteiger charge is -2.22. The standard InChI is InChI=1S/C13H22N4O/c1-17-9-8-15-12(17)10-16-13(18)3-2-11-4-6-14-7-5-11/h8-9,11,14H,2-7,10H2,1H3,(H,16,18). The van der Waals surface area contributed by atoms with E-state index in [1.165, 1.54) is 12.8 Å². The minimum atomic E-state index is 0.136. The lowest BCUT2D eigenvalue weighted by atomic mass is 9.93. The Hall–Kier alpha value is -1.36. The molecule has 0 aromatic carbocycles. The molecule has 0 bridgehead atoms. The number of hydrogen-bond acceptors (Lipinski definition) is 3. The lowest BCUT2D eigenvalue weighted by molar-refractivity contribution is -0.121. The second-order valence-corrected chi connectivity index (χ2v) is 4.96. The molecule has 0 radical (unpaired) electrons. The summed E-state index contributed by atoms with van der Waals surface area (Å²) < 4.78 is 1.92. The van der Waals surface area contributed by atoms with Crippen LogP contribution in [0.2, 0.25) is 0 Å². The third kappa shape index (κ3) is 3.84. The number of amides is 1. The Morgan fingerprint density at radius 3 is 3.00 bits per heavy atom. The van der Waals surface area contributed by atoms with E-state index in [1.807, 2.05) is 17.8 Å². The summed E-state index contributed by atoms with van der Waals surface area (Å²) in [6, 6.07) is 0. The van der Waals surface area contributed by atoms with Gasteiger partial charge in [-0.05, 0) is 38.3 Å². The molecule has 2 N–H and O–H groups in total. The van der Waals surface area contributed by atoms with Crippen LogP contribution in [0.1, 0.15) is 31.5 Å². The van der Waals surface area contributed by atoms with E-state index >= 15 is 0 Å². The zero-order valence-corrected chi connectivity index (χ0v) is 11.0. The van der Waals surface area contributed by atoms with E-state index in [4.69, 9.17) is 0 Å². The maximum atomic E-state index is 11.7. The van der Waals surface area contributed by atoms with Crippen LogP contribution in [0.15, 0.2) is 12.4 Å². The Morgan fingerprint density at radius 1 is 1.56 bits per heavy atom. The van der Waals surface area contributed by atoms with Crippen LogP contribution in [0, 0.1) is 5.92 Å². The Morgan fingerprint density at radius 2 is 2.33 bits per heavy atom. The monoisotopic (exact) mass is 250 g/mol. The van der Waals surface area contributed by atoms with Gasteiger partial charge >= 0.3 is 0 Å². The average molecular weight is 250 g/mol. The van der Waals surface area contributed by atoms with Gasteiger partial charge in [0.25, 0.3) is 0 Å². The Labute approximate surface area is 108 Å². The quantitative estimate of drug-likeness (QED) is 0.813. The first-order valence-corrected chi connectivity index (χ1v) is 6.69. The van der Waals surface area contributed by atoms with Crippen LogP contribution in [0.3, 0.4) is 0 Å². The summed E-state index contributed by atoms with van der Waals surface area (Å²) in [7, 11) is 1.93. The average Bonchev–Trinajstić information content (AvgIpc) is 2.81. The van der Waals surface area contributed by atoms with Crippen LogP contribution in [0.25, 0.3) is 0 Å². The summed E-state index contributed by atoms with van der Waals surface area (Å²) in [5.41, 5.74) is 0. The van der Waals surface area contributed by atoms with E-state index in [1.54, 1.807) is 6.20 Å². The number of nitrogens with one attached hydrogen (secondary N) is 2. The van der Waals surface area contributed by atoms with Gasteiger partial charge in [-0.3, -0.25) is 4.79 Å². The molecule has 1 aliphatic rings. The highest BCUT2D eigenvalue weighted by Crippen LogP contribution is 2.17. The second kappa shape index (κ2) is 6.54. The van der Waals surface area contributed by atoms with E-state index in [0.717, 1.165) is 25.3 Å². The van der Waals surface area contributed by atoms with Crippen molar-refractivity contribution in [2.24, 2.45) is 13.0 Å². The van der Waals surface area contributed by atoms with E-state index < -0.39 is 0 Å². The normalized spacial score (nSPS) is 16.7. The number of hydrogen-bond donors (Lipinski definition) is 2. The van der Waals surface area contributed by atoms with Crippen LogP contribution in [-0.4, -0.2) is 28.5 Å². The predicted octanol–water partition coefficient (Wildman–Crippen LogP) is 0.816. The fraction of sp³-hybridized carbons (Fsp3) is 0.692. The molecule has 1 aromatic rings. The molecule has 18 heavy (non-hydrogen) atoms. The molecule has 2 rings (SSSR count). The number of piperidine rings is 1. The van der Waals surface area contributed by atoms with Crippen LogP contribution in [0.5, 0.6) is 0 Å². The SMILES string of the molecule is Cn1ccnc1CNC(=O)CCC1CCNCC1. The first-order chi connectivity index (χ1) is 8.75. The minimum absolute atomic E-state index is 0.136. The lowest BCUT2D eigenvalue weighted by Crippen LogP contribution is -2.29. The van der Waals surface area contributed by atoms with Crippen molar-refractivity contribution < 1.29 is 4.79 Å². The van der Waals surface area contributed by atoms with Gasteiger partial charge in [-0.2, -0.15) is 0 Å². The summed E-state index contributed by atoms with van der Waals surface area (Å²) >= 11 is 0. The van der Waals surface area contributed by atoms with E-state index in [-0.39, 0.29) is 5.91 Å². The van der Waals surface area contributed by atoms with Gasteiger partial charge in [0.15, 0.2) is 0 Å². The fourth-order valence-corrected chi connectivity index (χ4v) is 2.34. The number of aryl methyl sites for hydroxylation is 1. The highest BCUT2D eigenvalue weighted by molar-refractivity contribution is 5.75. The molecule has 2 heterocycles. The van der Waals surface area contributed by atoms with Crippen molar-refractivity contribution in [3.63, 3.8) is 0 Å². The summed E-state index contributed by atoms with van der Waals surface area (Å²) in [4.78, 5) is 15.9. The molecule has 1 aliphatic heterocycles. The topological polar surface area (TPSA) is 59.0 Å². The van der Waals surface area contributed by atoms with E-state index in [0.29, 0.717) is 18.9 Å². The van der Waals surface area contributed by atoms with Crippen molar-refractivity contribution in [3.8, 4) is 0 Å². The largest absolute Gasteiger partial charge is 0.349 e. The third-order valence-corrected chi connectivity index (χ3v) is 3.60. The van der Waals surface area contributed by atoms with Crippen molar-refractivity contribution in [2.75, 3.05) is 13.1 Å². The number of imidazole rings is 1. The smallest absolute Gasteiger partial charge is 0.220 e. The molecule has 1 fully saturated rings. The van der Waals surface area contributed by atoms with Gasteiger partial charge in [-0.15, -0.1) is 0 Å². The number of rotatable bonds is 5. The van der Waals surface area contributed by atoms with Crippen molar-refractivity contribution in [3.05, 3.63) is 18.2 Å². The molecular formula is C13H22N4O. The minimum Gasteiger partial charge on any atom is -0.349 e. The molecule has 0 unspecified atom stereocenters. The molecule has 5 nitrogen and oxygen atoms in total. The number of carbonyl (C=O) groups is 1. The Balaban J connectivity index is 1.64. The zero-order valence-electron chi connectivity index (χ0n) is 11.0. The number of nitrogens with zero attached hydrogens (tertiary/aromatic N) is 2. The highest BCUT2D eigenvalue weighted by atomic mass is 16.1. The van der Waals surface area contributed by atoms with Crippen molar-refractivity contribution >= 4 is 5.91 Å². The number of carbonyl (C=O) groups excluding carboxylic acids is 1. The molecule has 1 saturated heterocycles. The zero-order chi connectivity index (χ0) is 12.8. The maximum absolute atomic E-state index is 11.7. The van der Waals surface area contributed by atoms with Gasteiger partial charge in [-0.1, -0.05) is 0 Å². The van der Waals surface area contributed by atoms with Gasteiger partial charge in [0.1, 0.15) is 5.82 Å². The van der Waals surface area contributed by atoms with Gasteiger partial charge in [0, 0.05) is 25.9 Å². The van der Waals surface area contributed by atoms with Crippen molar-refractivity contribution in [1.82, 2.24) is 20.2 Å². The Bertz CT molecular complexity index is 382. The summed E-state index contributed by atoms with van der Waals surface area (Å²) in [6.07, 6.45) is 7.68. The summed E-state index contributed by atoms with van der Waals surface area (Å²) in [5, 5.41) is 6.27. The van der Waals surface area contributed by atoms with Crippen molar-refractivity contribution in [2.45, 2.75) is 32.2 Å². The van der Waals surface area contributed by atoms with Gasteiger partial charge in [0.2, 0.25) is 5.91 Å². The highest BCUT2D eigenvalue weighted by Gasteiger charge is 2.14. The molecule has 0 saturated carbocycles. The third-order valence-electron chi connectivity index (χ3n) is 3.60. The summed E-state index contributed by atoms with van der Waals surface area (Å²) in [6.45, 7) is 2.72. The summed E-state index contributed by atoms with van der Waals surface area (Å²) in [5.74, 6) is 1.74. The first-order valence-electron chi connectivity index (χ1n) is 6.69. The molecule has 100 valence electrons. The van der Waals surface area contributed by atoms with Crippen LogP contribution >= 0.6 is 0 Å². The first kappa shape index (κ1) is 13.1. The van der Waals surface area contributed by atoms with Gasteiger partial charge < -0.3 is 15.2 Å². The number of aromatic nitrogens is 2. The molecule has 0 spiro atoms. The fourth-order valence-electron chi connectivity index (χ4n) is 2.34. The van der Waals surface area contributed by atoms with Crippen LogP contribution in [-0.2, 0) is 18.4 Å². The van der Waals surface area contributed by atoms with Crippen LogP contribution < -0.4 is 10.6 Å². The molecule has 5 heteroatoms. The molecule has 1 aromatic heterocycles. The predicted molar refractivity (Wildman–Crippen MR) is 69.9 cm³/mol.